The van der Waals surface area contributed by atoms with Gasteiger partial charge in [0.1, 0.15) is 0 Å². The van der Waals surface area contributed by atoms with Gasteiger partial charge in [-0.25, -0.2) is 0 Å². The van der Waals surface area contributed by atoms with Crippen molar-refractivity contribution in [2.75, 3.05) is 5.75 Å². The van der Waals surface area contributed by atoms with Crippen molar-refractivity contribution in [1.29, 1.82) is 0 Å². The molecule has 2 unspecified atom stereocenters. The Morgan fingerprint density at radius 2 is 1.86 bits per heavy atom. The van der Waals surface area contributed by atoms with E-state index in [4.69, 9.17) is 0 Å². The topological polar surface area (TPSA) is 0 Å². The van der Waals surface area contributed by atoms with E-state index >= 15 is 0 Å². The third kappa shape index (κ3) is 4.25. The molecule has 1 rings (SSSR count). The quantitative estimate of drug-likeness (QED) is 0.568. The summed E-state index contributed by atoms with van der Waals surface area (Å²) >= 11 is 2.22. The monoisotopic (exact) mass is 214 g/mol. The van der Waals surface area contributed by atoms with E-state index in [2.05, 4.69) is 25.6 Å². The highest BCUT2D eigenvalue weighted by atomic mass is 32.2. The van der Waals surface area contributed by atoms with Crippen molar-refractivity contribution in [3.05, 3.63) is 0 Å². The van der Waals surface area contributed by atoms with Crippen LogP contribution in [0.3, 0.4) is 0 Å². The molecule has 2 atom stereocenters. The van der Waals surface area contributed by atoms with Gasteiger partial charge in [0.15, 0.2) is 0 Å². The predicted octanol–water partition coefficient (Wildman–Crippen LogP) is 4.88. The van der Waals surface area contributed by atoms with Gasteiger partial charge in [-0.1, -0.05) is 46.0 Å². The van der Waals surface area contributed by atoms with Gasteiger partial charge in [0, 0.05) is 5.25 Å². The second-order valence-electron chi connectivity index (χ2n) is 4.53. The molecule has 0 N–H and O–H groups in total. The van der Waals surface area contributed by atoms with Gasteiger partial charge in [0.05, 0.1) is 0 Å². The third-order valence-electron chi connectivity index (χ3n) is 3.40. The lowest BCUT2D eigenvalue weighted by molar-refractivity contribution is 0.340. The first kappa shape index (κ1) is 12.4. The smallest absolute Gasteiger partial charge is 0.00752 e. The fourth-order valence-corrected chi connectivity index (χ4v) is 3.90. The van der Waals surface area contributed by atoms with E-state index in [1.165, 1.54) is 57.1 Å². The molecule has 0 aromatic carbocycles. The molecule has 0 aromatic heterocycles. The molecule has 0 spiro atoms. The molecule has 1 heteroatoms. The highest BCUT2D eigenvalue weighted by Gasteiger charge is 2.23. The molecule has 0 saturated heterocycles. The standard InChI is InChI=1S/C13H26S/c1-3-5-6-9-12-10-7-8-11-13(12)14-4-2/h12-13H,3-11H2,1-2H3. The molecule has 1 saturated carbocycles. The fraction of sp³-hybridized carbons (Fsp3) is 1.00. The van der Waals surface area contributed by atoms with Crippen molar-refractivity contribution in [3.63, 3.8) is 0 Å². The highest BCUT2D eigenvalue weighted by Crippen LogP contribution is 2.36. The Morgan fingerprint density at radius 3 is 2.57 bits per heavy atom. The molecule has 0 aromatic rings. The Labute approximate surface area is 94.2 Å². The molecule has 14 heavy (non-hydrogen) atoms. The van der Waals surface area contributed by atoms with Gasteiger partial charge in [-0.05, 0) is 30.9 Å². The van der Waals surface area contributed by atoms with Crippen LogP contribution in [0.5, 0.6) is 0 Å². The SMILES string of the molecule is CCCCCC1CCCCC1SCC. The second-order valence-corrected chi connectivity index (χ2v) is 6.05. The van der Waals surface area contributed by atoms with Gasteiger partial charge >= 0.3 is 0 Å². The highest BCUT2D eigenvalue weighted by molar-refractivity contribution is 7.99. The van der Waals surface area contributed by atoms with Gasteiger partial charge in [-0.3, -0.25) is 0 Å². The van der Waals surface area contributed by atoms with Gasteiger partial charge in [0.2, 0.25) is 0 Å². The van der Waals surface area contributed by atoms with Crippen LogP contribution in [0.1, 0.15) is 65.2 Å². The number of hydrogen-bond donors (Lipinski definition) is 0. The molecule has 0 heterocycles. The maximum absolute atomic E-state index is 2.31. The van der Waals surface area contributed by atoms with E-state index in [-0.39, 0.29) is 0 Å². The van der Waals surface area contributed by atoms with Gasteiger partial charge in [-0.2, -0.15) is 11.8 Å². The molecule has 1 aliphatic carbocycles. The lowest BCUT2D eigenvalue weighted by Gasteiger charge is -2.31. The van der Waals surface area contributed by atoms with Crippen molar-refractivity contribution in [3.8, 4) is 0 Å². The van der Waals surface area contributed by atoms with E-state index in [9.17, 15) is 0 Å². The fourth-order valence-electron chi connectivity index (χ4n) is 2.59. The van der Waals surface area contributed by atoms with Crippen LogP contribution in [0, 0.1) is 5.92 Å². The summed E-state index contributed by atoms with van der Waals surface area (Å²) in [7, 11) is 0. The van der Waals surface area contributed by atoms with E-state index in [1.54, 1.807) is 0 Å². The van der Waals surface area contributed by atoms with E-state index in [0.29, 0.717) is 0 Å². The molecule has 1 fully saturated rings. The minimum absolute atomic E-state index is 1.01. The second kappa shape index (κ2) is 7.62. The van der Waals surface area contributed by atoms with Gasteiger partial charge < -0.3 is 0 Å². The molecule has 0 radical (unpaired) electrons. The van der Waals surface area contributed by atoms with E-state index < -0.39 is 0 Å². The lowest BCUT2D eigenvalue weighted by atomic mass is 9.85. The Bertz CT molecular complexity index is 131. The van der Waals surface area contributed by atoms with E-state index in [1.807, 2.05) is 0 Å². The van der Waals surface area contributed by atoms with Crippen molar-refractivity contribution >= 4 is 11.8 Å². The van der Waals surface area contributed by atoms with Crippen LogP contribution in [0.2, 0.25) is 0 Å². The lowest BCUT2D eigenvalue weighted by Crippen LogP contribution is -2.22. The maximum Gasteiger partial charge on any atom is 0.00752 e. The summed E-state index contributed by atoms with van der Waals surface area (Å²) < 4.78 is 0. The summed E-state index contributed by atoms with van der Waals surface area (Å²) in [6.45, 7) is 4.61. The van der Waals surface area contributed by atoms with Crippen molar-refractivity contribution in [2.45, 2.75) is 70.5 Å². The van der Waals surface area contributed by atoms with Crippen molar-refractivity contribution in [2.24, 2.45) is 5.92 Å². The minimum Gasteiger partial charge on any atom is -0.159 e. The Hall–Kier alpha value is 0.350. The zero-order valence-electron chi connectivity index (χ0n) is 9.93. The molecule has 0 nitrogen and oxygen atoms in total. The number of thioether (sulfide) groups is 1. The number of unbranched alkanes of at least 4 members (excludes halogenated alkanes) is 2. The first-order chi connectivity index (χ1) is 6.88. The molecule has 1 aliphatic rings. The zero-order chi connectivity index (χ0) is 10.2. The normalized spacial score (nSPS) is 27.9. The third-order valence-corrected chi connectivity index (χ3v) is 4.78. The van der Waals surface area contributed by atoms with Crippen molar-refractivity contribution < 1.29 is 0 Å². The maximum atomic E-state index is 2.31. The summed E-state index contributed by atoms with van der Waals surface area (Å²) in [4.78, 5) is 0. The average Bonchev–Trinajstić information content (AvgIpc) is 2.21. The van der Waals surface area contributed by atoms with Crippen LogP contribution >= 0.6 is 11.8 Å². The van der Waals surface area contributed by atoms with Crippen LogP contribution in [-0.2, 0) is 0 Å². The van der Waals surface area contributed by atoms with Gasteiger partial charge in [0.25, 0.3) is 0 Å². The molecule has 0 bridgehead atoms. The van der Waals surface area contributed by atoms with E-state index in [0.717, 1.165) is 11.2 Å². The summed E-state index contributed by atoms with van der Waals surface area (Å²) in [5, 5.41) is 1.01. The number of hydrogen-bond acceptors (Lipinski definition) is 1. The molecular formula is C13H26S. The Kier molecular flexibility index (Phi) is 6.76. The zero-order valence-corrected chi connectivity index (χ0v) is 10.7. The predicted molar refractivity (Wildman–Crippen MR) is 68.0 cm³/mol. The first-order valence-corrected chi connectivity index (χ1v) is 7.55. The largest absolute Gasteiger partial charge is 0.159 e. The first-order valence-electron chi connectivity index (χ1n) is 6.50. The van der Waals surface area contributed by atoms with Crippen LogP contribution in [0.15, 0.2) is 0 Å². The summed E-state index contributed by atoms with van der Waals surface area (Å²) in [6, 6.07) is 0. The summed E-state index contributed by atoms with van der Waals surface area (Å²) in [5.41, 5.74) is 0. The molecule has 0 amide bonds. The summed E-state index contributed by atoms with van der Waals surface area (Å²) in [6.07, 6.45) is 11.8. The van der Waals surface area contributed by atoms with Crippen LogP contribution in [-0.4, -0.2) is 11.0 Å². The molecule has 84 valence electrons. The van der Waals surface area contributed by atoms with Crippen LogP contribution < -0.4 is 0 Å². The summed E-state index contributed by atoms with van der Waals surface area (Å²) in [5.74, 6) is 2.37. The minimum atomic E-state index is 1.01. The number of rotatable bonds is 6. The average molecular weight is 214 g/mol. The van der Waals surface area contributed by atoms with Crippen LogP contribution in [0.4, 0.5) is 0 Å². The molecule has 0 aliphatic heterocycles. The Morgan fingerprint density at radius 1 is 1.07 bits per heavy atom. The molecular weight excluding hydrogens is 188 g/mol. The van der Waals surface area contributed by atoms with Crippen LogP contribution in [0.25, 0.3) is 0 Å². The van der Waals surface area contributed by atoms with Gasteiger partial charge in [-0.15, -0.1) is 0 Å². The van der Waals surface area contributed by atoms with Crippen molar-refractivity contribution in [1.82, 2.24) is 0 Å². The Balaban J connectivity index is 2.22.